The van der Waals surface area contributed by atoms with E-state index in [1.54, 1.807) is 30.3 Å². The molecular weight excluding hydrogens is 463 g/mol. The average molecular weight is 493 g/mol. The lowest BCUT2D eigenvalue weighted by molar-refractivity contribution is -0.152. The molecule has 0 fully saturated rings. The van der Waals surface area contributed by atoms with Gasteiger partial charge in [-0.2, -0.15) is 0 Å². The Kier molecular flexibility index (Phi) is 6.99. The molecule has 4 N–H and O–H groups in total. The average Bonchev–Trinajstić information content (AvgIpc) is 2.84. The number of aliphatic carboxylic acids is 1. The highest BCUT2D eigenvalue weighted by atomic mass is 19.1. The summed E-state index contributed by atoms with van der Waals surface area (Å²) in [7, 11) is 1.53. The summed E-state index contributed by atoms with van der Waals surface area (Å²) in [5, 5.41) is 19.8. The minimum absolute atomic E-state index is 0.0758. The summed E-state index contributed by atoms with van der Waals surface area (Å²) in [6.07, 6.45) is 0.331. The molecule has 7 nitrogen and oxygen atoms in total. The van der Waals surface area contributed by atoms with E-state index in [1.807, 2.05) is 19.9 Å². The van der Waals surface area contributed by atoms with E-state index >= 15 is 0 Å². The number of benzene rings is 3. The first kappa shape index (κ1) is 25.2. The molecule has 0 unspecified atom stereocenters. The summed E-state index contributed by atoms with van der Waals surface area (Å²) in [4.78, 5) is 26.9. The first-order valence-corrected chi connectivity index (χ1v) is 11.6. The van der Waals surface area contributed by atoms with Crippen molar-refractivity contribution in [2.45, 2.75) is 45.3 Å². The van der Waals surface area contributed by atoms with Crippen molar-refractivity contribution in [1.29, 1.82) is 0 Å². The van der Waals surface area contributed by atoms with Gasteiger partial charge in [0, 0.05) is 18.5 Å². The van der Waals surface area contributed by atoms with Crippen LogP contribution in [-0.4, -0.2) is 46.2 Å². The molecule has 2 atom stereocenters. The van der Waals surface area contributed by atoms with Crippen LogP contribution in [-0.2, 0) is 29.0 Å². The topological polar surface area (TPSA) is 113 Å². The number of carboxylic acids is 1. The van der Waals surface area contributed by atoms with Crippen molar-refractivity contribution in [3.05, 3.63) is 82.2 Å². The fourth-order valence-electron chi connectivity index (χ4n) is 4.90. The third-order valence-corrected chi connectivity index (χ3v) is 6.80. The number of phenolic OH excluding ortho intramolecular Hbond substituents is 1. The number of nitrogens with zero attached hydrogens (tertiary/aromatic N) is 1. The van der Waals surface area contributed by atoms with Gasteiger partial charge in [0.15, 0.2) is 0 Å². The van der Waals surface area contributed by atoms with E-state index in [0.717, 1.165) is 38.9 Å². The van der Waals surface area contributed by atoms with Crippen molar-refractivity contribution in [2.75, 3.05) is 7.11 Å². The van der Waals surface area contributed by atoms with Gasteiger partial charge in [0.1, 0.15) is 23.4 Å². The molecule has 1 amide bonds. The number of hydrogen-bond acceptors (Lipinski definition) is 5. The van der Waals surface area contributed by atoms with E-state index in [-0.39, 0.29) is 31.0 Å². The number of nitrogens with two attached hydrogens (primary N) is 1. The van der Waals surface area contributed by atoms with Crippen LogP contribution in [0.5, 0.6) is 11.5 Å². The van der Waals surface area contributed by atoms with Crippen LogP contribution in [0.3, 0.4) is 0 Å². The number of carboxylic acid groups (broad SMARTS) is 1. The monoisotopic (exact) mass is 492 g/mol. The molecule has 3 aromatic rings. The Labute approximate surface area is 208 Å². The predicted octanol–water partition coefficient (Wildman–Crippen LogP) is 3.73. The van der Waals surface area contributed by atoms with Crippen molar-refractivity contribution in [1.82, 2.24) is 4.90 Å². The zero-order valence-corrected chi connectivity index (χ0v) is 20.4. The number of halogens is 1. The van der Waals surface area contributed by atoms with Gasteiger partial charge in [0.05, 0.1) is 13.2 Å². The Hall–Kier alpha value is -3.91. The predicted molar refractivity (Wildman–Crippen MR) is 133 cm³/mol. The van der Waals surface area contributed by atoms with Crippen molar-refractivity contribution >= 4 is 11.9 Å². The van der Waals surface area contributed by atoms with Crippen LogP contribution in [0.2, 0.25) is 0 Å². The smallest absolute Gasteiger partial charge is 0.326 e. The number of rotatable bonds is 6. The summed E-state index contributed by atoms with van der Waals surface area (Å²) in [6, 6.07) is 10.8. The number of ether oxygens (including phenoxy) is 1. The van der Waals surface area contributed by atoms with E-state index in [0.29, 0.717) is 5.75 Å². The van der Waals surface area contributed by atoms with E-state index in [2.05, 4.69) is 0 Å². The fourth-order valence-corrected chi connectivity index (χ4v) is 4.90. The maximum Gasteiger partial charge on any atom is 0.326 e. The van der Waals surface area contributed by atoms with Crippen LogP contribution >= 0.6 is 0 Å². The second kappa shape index (κ2) is 9.99. The Bertz CT molecular complexity index is 1300. The molecule has 188 valence electrons. The maximum atomic E-state index is 13.4. The van der Waals surface area contributed by atoms with Gasteiger partial charge in [0.25, 0.3) is 0 Å². The standard InChI is InChI=1S/C28H29FN2O5/c1-15-8-21(32)9-16(2)22(15)13-24(30)27(33)31-14-19-12-26(36-3)23(17-4-6-20(29)7-5-17)10-18(19)11-25(31)28(34)35/h4-10,12,24-25,32H,11,13-14,30H2,1-3H3,(H,34,35)/t24-,25+/m1/s1. The Balaban J connectivity index is 1.65. The second-order valence-electron chi connectivity index (χ2n) is 9.22. The lowest BCUT2D eigenvalue weighted by atomic mass is 9.89. The molecule has 1 aliphatic heterocycles. The molecule has 36 heavy (non-hydrogen) atoms. The summed E-state index contributed by atoms with van der Waals surface area (Å²) in [6.45, 7) is 3.75. The number of amides is 1. The molecule has 1 heterocycles. The Morgan fingerprint density at radius 3 is 2.33 bits per heavy atom. The number of phenols is 1. The summed E-state index contributed by atoms with van der Waals surface area (Å²) in [5.74, 6) is -1.24. The molecule has 0 saturated carbocycles. The van der Waals surface area contributed by atoms with E-state index in [1.165, 1.54) is 24.1 Å². The quantitative estimate of drug-likeness (QED) is 0.483. The molecule has 0 aliphatic carbocycles. The van der Waals surface area contributed by atoms with Gasteiger partial charge in [-0.05, 0) is 90.0 Å². The third-order valence-electron chi connectivity index (χ3n) is 6.80. The normalized spacial score (nSPS) is 15.8. The molecule has 1 aliphatic rings. The number of hydrogen-bond donors (Lipinski definition) is 3. The first-order chi connectivity index (χ1) is 17.1. The molecule has 4 rings (SSSR count). The third kappa shape index (κ3) is 4.90. The van der Waals surface area contributed by atoms with Gasteiger partial charge in [-0.3, -0.25) is 4.79 Å². The zero-order valence-electron chi connectivity index (χ0n) is 20.4. The summed E-state index contributed by atoms with van der Waals surface area (Å²) in [5.41, 5.74) is 11.8. The van der Waals surface area contributed by atoms with E-state index in [9.17, 15) is 24.2 Å². The maximum absolute atomic E-state index is 13.4. The van der Waals surface area contributed by atoms with Gasteiger partial charge in [-0.25, -0.2) is 9.18 Å². The highest BCUT2D eigenvalue weighted by Crippen LogP contribution is 2.36. The molecule has 3 aromatic carbocycles. The van der Waals surface area contributed by atoms with Gasteiger partial charge < -0.3 is 25.6 Å². The molecule has 0 aromatic heterocycles. The minimum Gasteiger partial charge on any atom is -0.508 e. The number of carbonyl (C=O) groups is 2. The molecule has 8 heteroatoms. The zero-order chi connectivity index (χ0) is 26.1. The molecular formula is C28H29FN2O5. The first-order valence-electron chi connectivity index (χ1n) is 11.6. The number of carbonyl (C=O) groups excluding carboxylic acids is 1. The van der Waals surface area contributed by atoms with Crippen molar-refractivity contribution in [3.8, 4) is 22.6 Å². The van der Waals surface area contributed by atoms with Gasteiger partial charge in [-0.15, -0.1) is 0 Å². The van der Waals surface area contributed by atoms with Gasteiger partial charge >= 0.3 is 5.97 Å². The molecule has 0 radical (unpaired) electrons. The number of fused-ring (bicyclic) bond motifs is 1. The Morgan fingerprint density at radius 2 is 1.75 bits per heavy atom. The van der Waals surface area contributed by atoms with Crippen LogP contribution in [0.15, 0.2) is 48.5 Å². The summed E-state index contributed by atoms with van der Waals surface area (Å²) < 4.78 is 19.0. The van der Waals surface area contributed by atoms with Gasteiger partial charge in [0.2, 0.25) is 5.91 Å². The lowest BCUT2D eigenvalue weighted by Crippen LogP contribution is -2.54. The van der Waals surface area contributed by atoms with E-state index < -0.39 is 24.0 Å². The molecule has 0 bridgehead atoms. The second-order valence-corrected chi connectivity index (χ2v) is 9.22. The van der Waals surface area contributed by atoms with E-state index in [4.69, 9.17) is 10.5 Å². The van der Waals surface area contributed by atoms with Crippen LogP contribution in [0.25, 0.3) is 11.1 Å². The van der Waals surface area contributed by atoms with Crippen LogP contribution in [0, 0.1) is 19.7 Å². The van der Waals surface area contributed by atoms with Gasteiger partial charge in [-0.1, -0.05) is 12.1 Å². The van der Waals surface area contributed by atoms with Crippen LogP contribution in [0.1, 0.15) is 27.8 Å². The SMILES string of the molecule is COc1cc2c(cc1-c1ccc(F)cc1)C[C@@H](C(=O)O)N(C(=O)[C@H](N)Cc1c(C)cc(O)cc1C)C2. The largest absolute Gasteiger partial charge is 0.508 e. The highest BCUT2D eigenvalue weighted by molar-refractivity contribution is 5.88. The molecule has 0 spiro atoms. The van der Waals surface area contributed by atoms with Crippen molar-refractivity contribution in [3.63, 3.8) is 0 Å². The fraction of sp³-hybridized carbons (Fsp3) is 0.286. The number of methoxy groups -OCH3 is 1. The van der Waals surface area contributed by atoms with Crippen molar-refractivity contribution in [2.24, 2.45) is 5.73 Å². The number of aryl methyl sites for hydroxylation is 2. The molecule has 0 saturated heterocycles. The van der Waals surface area contributed by atoms with Crippen LogP contribution < -0.4 is 10.5 Å². The summed E-state index contributed by atoms with van der Waals surface area (Å²) >= 11 is 0. The van der Waals surface area contributed by atoms with Crippen LogP contribution in [0.4, 0.5) is 4.39 Å². The number of aromatic hydroxyl groups is 1. The highest BCUT2D eigenvalue weighted by Gasteiger charge is 2.37. The minimum atomic E-state index is -1.11. The van der Waals surface area contributed by atoms with Crippen molar-refractivity contribution < 1.29 is 28.9 Å². The lowest BCUT2D eigenvalue weighted by Gasteiger charge is -2.36. The Morgan fingerprint density at radius 1 is 1.11 bits per heavy atom.